The minimum Gasteiger partial charge on any atom is -0.489 e. The molecule has 0 saturated carbocycles. The van der Waals surface area contributed by atoms with Gasteiger partial charge in [0.15, 0.2) is 9.84 Å². The van der Waals surface area contributed by atoms with Crippen LogP contribution in [-0.4, -0.2) is 37.1 Å². The maximum atomic E-state index is 12.1. The Kier molecular flexibility index (Phi) is 5.75. The maximum Gasteiger partial charge on any atom is 0.154 e. The number of hydrogen-bond acceptors (Lipinski definition) is 5. The van der Waals surface area contributed by atoms with Gasteiger partial charge in [0.1, 0.15) is 5.75 Å². The number of hydrogen-bond donors (Lipinski definition) is 1. The smallest absolute Gasteiger partial charge is 0.154 e. The molecule has 5 nitrogen and oxygen atoms in total. The van der Waals surface area contributed by atoms with Crippen LogP contribution in [0.4, 0.5) is 0 Å². The highest BCUT2D eigenvalue weighted by molar-refractivity contribution is 7.92. The lowest BCUT2D eigenvalue weighted by Gasteiger charge is -2.33. The molecule has 0 bridgehead atoms. The normalized spacial score (nSPS) is 14.2. The zero-order chi connectivity index (χ0) is 16.3. The number of sulfone groups is 1. The standard InChI is InChI=1S/C15H26N2O3S/c1-7-17-14(15(4,5)21(6,18)19)12-8-13(10-16-9-12)20-11(2)3/h8-11,14,17H,7H2,1-6H3. The summed E-state index contributed by atoms with van der Waals surface area (Å²) in [6, 6.07) is 1.51. The molecule has 21 heavy (non-hydrogen) atoms. The van der Waals surface area contributed by atoms with Crippen LogP contribution < -0.4 is 10.1 Å². The first kappa shape index (κ1) is 17.9. The first-order valence-electron chi connectivity index (χ1n) is 7.14. The van der Waals surface area contributed by atoms with Crippen molar-refractivity contribution in [2.75, 3.05) is 12.8 Å². The van der Waals surface area contributed by atoms with Crippen LogP contribution in [0.2, 0.25) is 0 Å². The fourth-order valence-electron chi connectivity index (χ4n) is 2.11. The van der Waals surface area contributed by atoms with Crippen molar-refractivity contribution in [3.63, 3.8) is 0 Å². The van der Waals surface area contributed by atoms with Crippen molar-refractivity contribution in [2.45, 2.75) is 51.5 Å². The van der Waals surface area contributed by atoms with Crippen molar-refractivity contribution in [1.29, 1.82) is 0 Å². The molecule has 1 rings (SSSR count). The van der Waals surface area contributed by atoms with Crippen molar-refractivity contribution in [3.8, 4) is 5.75 Å². The molecule has 1 N–H and O–H groups in total. The first-order valence-corrected chi connectivity index (χ1v) is 9.03. The van der Waals surface area contributed by atoms with Crippen LogP contribution >= 0.6 is 0 Å². The Morgan fingerprint density at radius 3 is 2.43 bits per heavy atom. The van der Waals surface area contributed by atoms with Gasteiger partial charge in [-0.25, -0.2) is 8.42 Å². The van der Waals surface area contributed by atoms with E-state index in [0.717, 1.165) is 5.56 Å². The summed E-state index contributed by atoms with van der Waals surface area (Å²) in [5.74, 6) is 0.648. The van der Waals surface area contributed by atoms with Gasteiger partial charge in [-0.15, -0.1) is 0 Å². The number of aromatic nitrogens is 1. The van der Waals surface area contributed by atoms with Gasteiger partial charge < -0.3 is 10.1 Å². The summed E-state index contributed by atoms with van der Waals surface area (Å²) < 4.78 is 28.9. The highest BCUT2D eigenvalue weighted by atomic mass is 32.2. The van der Waals surface area contributed by atoms with E-state index in [4.69, 9.17) is 4.74 Å². The Morgan fingerprint density at radius 1 is 1.33 bits per heavy atom. The maximum absolute atomic E-state index is 12.1. The van der Waals surface area contributed by atoms with Gasteiger partial charge in [0.05, 0.1) is 23.1 Å². The minimum atomic E-state index is -3.24. The summed E-state index contributed by atoms with van der Waals surface area (Å²) in [7, 11) is -3.24. The Labute approximate surface area is 128 Å². The van der Waals surface area contributed by atoms with E-state index in [9.17, 15) is 8.42 Å². The topological polar surface area (TPSA) is 68.3 Å². The third kappa shape index (κ3) is 4.41. The van der Waals surface area contributed by atoms with Gasteiger partial charge in [0, 0.05) is 12.5 Å². The largest absolute Gasteiger partial charge is 0.489 e. The van der Waals surface area contributed by atoms with E-state index in [-0.39, 0.29) is 12.1 Å². The van der Waals surface area contributed by atoms with Gasteiger partial charge in [-0.05, 0) is 45.9 Å². The summed E-state index contributed by atoms with van der Waals surface area (Å²) in [5.41, 5.74) is 0.811. The molecule has 0 saturated heterocycles. The van der Waals surface area contributed by atoms with Gasteiger partial charge in [-0.1, -0.05) is 6.92 Å². The van der Waals surface area contributed by atoms with Crippen LogP contribution in [0.1, 0.15) is 46.2 Å². The Morgan fingerprint density at radius 2 is 1.95 bits per heavy atom. The molecule has 1 unspecified atom stereocenters. The van der Waals surface area contributed by atoms with Crippen molar-refractivity contribution < 1.29 is 13.2 Å². The summed E-state index contributed by atoms with van der Waals surface area (Å²) >= 11 is 0. The molecule has 0 fully saturated rings. The molecule has 0 aliphatic heterocycles. The number of pyridine rings is 1. The third-order valence-corrected chi connectivity index (χ3v) is 5.65. The number of rotatable bonds is 7. The van der Waals surface area contributed by atoms with Crippen LogP contribution in [0, 0.1) is 0 Å². The van der Waals surface area contributed by atoms with Crippen molar-refractivity contribution >= 4 is 9.84 Å². The van der Waals surface area contributed by atoms with E-state index < -0.39 is 14.6 Å². The van der Waals surface area contributed by atoms with Crippen molar-refractivity contribution in [3.05, 3.63) is 24.0 Å². The van der Waals surface area contributed by atoms with E-state index in [1.165, 1.54) is 6.26 Å². The second-order valence-corrected chi connectivity index (χ2v) is 8.58. The zero-order valence-electron chi connectivity index (χ0n) is 13.7. The van der Waals surface area contributed by atoms with Crippen LogP contribution in [-0.2, 0) is 9.84 Å². The van der Waals surface area contributed by atoms with E-state index >= 15 is 0 Å². The lowest BCUT2D eigenvalue weighted by atomic mass is 9.96. The minimum absolute atomic E-state index is 0.0440. The van der Waals surface area contributed by atoms with Gasteiger partial charge in [0.25, 0.3) is 0 Å². The first-order chi connectivity index (χ1) is 9.59. The summed E-state index contributed by atoms with van der Waals surface area (Å²) in [6.07, 6.45) is 4.63. The Hall–Kier alpha value is -1.14. The predicted molar refractivity (Wildman–Crippen MR) is 85.3 cm³/mol. The Bertz CT molecular complexity index is 568. The van der Waals surface area contributed by atoms with Gasteiger partial charge in [0.2, 0.25) is 0 Å². The SMILES string of the molecule is CCNC(c1cncc(OC(C)C)c1)C(C)(C)S(C)(=O)=O. The van der Waals surface area contributed by atoms with Crippen LogP contribution in [0.5, 0.6) is 5.75 Å². The molecule has 0 aliphatic carbocycles. The summed E-state index contributed by atoms with van der Waals surface area (Å²) in [5, 5.41) is 3.25. The molecule has 120 valence electrons. The predicted octanol–water partition coefficient (Wildman–Crippen LogP) is 2.34. The second-order valence-electron chi connectivity index (χ2n) is 5.99. The van der Waals surface area contributed by atoms with Crippen LogP contribution in [0.15, 0.2) is 18.5 Å². The molecule has 1 aromatic heterocycles. The highest BCUT2D eigenvalue weighted by Crippen LogP contribution is 2.33. The van der Waals surface area contributed by atoms with Gasteiger partial charge in [-0.3, -0.25) is 4.98 Å². The van der Waals surface area contributed by atoms with E-state index in [2.05, 4.69) is 10.3 Å². The lowest BCUT2D eigenvalue weighted by molar-refractivity contribution is 0.241. The molecule has 0 radical (unpaired) electrons. The average Bonchev–Trinajstić information content (AvgIpc) is 2.33. The average molecular weight is 314 g/mol. The molecule has 0 amide bonds. The molecular formula is C15H26N2O3S. The zero-order valence-corrected chi connectivity index (χ0v) is 14.5. The number of ether oxygens (including phenoxy) is 1. The van der Waals surface area contributed by atoms with Gasteiger partial charge in [-0.2, -0.15) is 0 Å². The van der Waals surface area contributed by atoms with Crippen molar-refractivity contribution in [2.24, 2.45) is 0 Å². The highest BCUT2D eigenvalue weighted by Gasteiger charge is 2.39. The fourth-order valence-corrected chi connectivity index (χ4v) is 2.76. The van der Waals surface area contributed by atoms with Crippen molar-refractivity contribution in [1.82, 2.24) is 10.3 Å². The number of nitrogens with zero attached hydrogens (tertiary/aromatic N) is 1. The Balaban J connectivity index is 3.23. The molecule has 1 aromatic rings. The molecule has 0 aliphatic rings. The molecule has 6 heteroatoms. The van der Waals surface area contributed by atoms with E-state index in [1.54, 1.807) is 26.2 Å². The monoisotopic (exact) mass is 314 g/mol. The fraction of sp³-hybridized carbons (Fsp3) is 0.667. The van der Waals surface area contributed by atoms with Crippen LogP contribution in [0.25, 0.3) is 0 Å². The summed E-state index contributed by atoms with van der Waals surface area (Å²) in [6.45, 7) is 9.95. The summed E-state index contributed by atoms with van der Waals surface area (Å²) in [4.78, 5) is 4.18. The quantitative estimate of drug-likeness (QED) is 0.836. The van der Waals surface area contributed by atoms with Gasteiger partial charge >= 0.3 is 0 Å². The van der Waals surface area contributed by atoms with E-state index in [1.807, 2.05) is 26.8 Å². The molecule has 0 aromatic carbocycles. The molecule has 0 spiro atoms. The molecular weight excluding hydrogens is 288 g/mol. The molecule has 1 atom stereocenters. The number of nitrogens with one attached hydrogen (secondary N) is 1. The molecule has 1 heterocycles. The van der Waals surface area contributed by atoms with E-state index in [0.29, 0.717) is 12.3 Å². The van der Waals surface area contributed by atoms with Crippen LogP contribution in [0.3, 0.4) is 0 Å². The lowest BCUT2D eigenvalue weighted by Crippen LogP contribution is -2.45. The third-order valence-electron chi connectivity index (χ3n) is 3.50. The second kappa shape index (κ2) is 6.75.